The molecule has 0 fully saturated rings. The van der Waals surface area contributed by atoms with E-state index in [-0.39, 0.29) is 30.4 Å². The van der Waals surface area contributed by atoms with Crippen molar-refractivity contribution in [3.05, 3.63) is 64.2 Å². The third kappa shape index (κ3) is 5.61. The molecule has 8 nitrogen and oxygen atoms in total. The molecular formula is C17H17N3O5. The second-order valence-corrected chi connectivity index (χ2v) is 5.17. The zero-order chi connectivity index (χ0) is 18.2. The average Bonchev–Trinajstić information content (AvgIpc) is 2.59. The van der Waals surface area contributed by atoms with E-state index in [0.29, 0.717) is 5.75 Å². The first-order valence-electron chi connectivity index (χ1n) is 7.45. The Morgan fingerprint density at radius 1 is 1.16 bits per heavy atom. The summed E-state index contributed by atoms with van der Waals surface area (Å²) in [6.45, 7) is 1.28. The fraction of sp³-hybridized carbons (Fsp3) is 0.176. The Kier molecular flexibility index (Phi) is 6.05. The predicted octanol–water partition coefficient (Wildman–Crippen LogP) is 2.25. The lowest BCUT2D eigenvalue weighted by Crippen LogP contribution is -2.31. The van der Waals surface area contributed by atoms with E-state index >= 15 is 0 Å². The minimum absolute atomic E-state index is 0.0346. The van der Waals surface area contributed by atoms with Crippen LogP contribution in [-0.4, -0.2) is 23.3 Å². The average molecular weight is 343 g/mol. The molecule has 0 radical (unpaired) electrons. The van der Waals surface area contributed by atoms with Crippen LogP contribution in [-0.2, 0) is 16.2 Å². The van der Waals surface area contributed by atoms with Crippen LogP contribution < -0.4 is 15.4 Å². The van der Waals surface area contributed by atoms with Crippen molar-refractivity contribution in [2.45, 2.75) is 13.5 Å². The highest BCUT2D eigenvalue weighted by atomic mass is 16.6. The lowest BCUT2D eigenvalue weighted by Gasteiger charge is -2.09. The van der Waals surface area contributed by atoms with Crippen LogP contribution in [0.25, 0.3) is 0 Å². The summed E-state index contributed by atoms with van der Waals surface area (Å²) < 4.78 is 5.55. The van der Waals surface area contributed by atoms with E-state index in [0.717, 1.165) is 5.56 Å². The molecule has 0 unspecified atom stereocenters. The van der Waals surface area contributed by atoms with E-state index in [1.54, 1.807) is 0 Å². The normalized spacial score (nSPS) is 9.96. The number of nitrogens with zero attached hydrogens (tertiary/aromatic N) is 1. The van der Waals surface area contributed by atoms with Crippen LogP contribution >= 0.6 is 0 Å². The van der Waals surface area contributed by atoms with Crippen LogP contribution in [0, 0.1) is 10.1 Å². The molecule has 0 saturated carbocycles. The van der Waals surface area contributed by atoms with Gasteiger partial charge in [0.2, 0.25) is 11.8 Å². The maximum absolute atomic E-state index is 11.7. The van der Waals surface area contributed by atoms with Gasteiger partial charge in [-0.2, -0.15) is 0 Å². The van der Waals surface area contributed by atoms with E-state index in [9.17, 15) is 19.7 Å². The first-order valence-corrected chi connectivity index (χ1v) is 7.45. The fourth-order valence-electron chi connectivity index (χ4n) is 2.00. The van der Waals surface area contributed by atoms with Gasteiger partial charge in [0, 0.05) is 6.92 Å². The molecule has 0 aromatic heterocycles. The molecule has 2 aromatic rings. The molecular weight excluding hydrogens is 326 g/mol. The Hall–Kier alpha value is -3.42. The maximum Gasteiger partial charge on any atom is 0.296 e. The van der Waals surface area contributed by atoms with Crippen LogP contribution in [0.15, 0.2) is 48.5 Å². The van der Waals surface area contributed by atoms with Crippen molar-refractivity contribution in [1.29, 1.82) is 0 Å². The summed E-state index contributed by atoms with van der Waals surface area (Å²) in [5.41, 5.74) is 0.673. The van der Waals surface area contributed by atoms with E-state index in [4.69, 9.17) is 4.74 Å². The highest BCUT2D eigenvalue weighted by molar-refractivity contribution is 5.96. The first kappa shape index (κ1) is 17.9. The van der Waals surface area contributed by atoms with Crippen LogP contribution in [0.1, 0.15) is 12.5 Å². The van der Waals surface area contributed by atoms with Crippen molar-refractivity contribution in [2.75, 3.05) is 11.9 Å². The smallest absolute Gasteiger partial charge is 0.296 e. The fourth-order valence-corrected chi connectivity index (χ4v) is 2.00. The Balaban J connectivity index is 2.07. The summed E-state index contributed by atoms with van der Waals surface area (Å²) in [7, 11) is 0. The lowest BCUT2D eigenvalue weighted by atomic mass is 10.2. The molecule has 130 valence electrons. The van der Waals surface area contributed by atoms with Gasteiger partial charge in [-0.1, -0.05) is 30.3 Å². The molecule has 25 heavy (non-hydrogen) atoms. The minimum atomic E-state index is -0.608. The topological polar surface area (TPSA) is 111 Å². The molecule has 2 N–H and O–H groups in total. The number of rotatable bonds is 7. The Bertz CT molecular complexity index is 777. The number of carbonyl (C=O) groups is 2. The van der Waals surface area contributed by atoms with Gasteiger partial charge >= 0.3 is 0 Å². The number of hydrogen-bond acceptors (Lipinski definition) is 5. The first-order chi connectivity index (χ1) is 12.0. The third-order valence-corrected chi connectivity index (χ3v) is 3.19. The van der Waals surface area contributed by atoms with Crippen molar-refractivity contribution >= 4 is 23.2 Å². The molecule has 2 aromatic carbocycles. The number of anilines is 1. The Morgan fingerprint density at radius 2 is 1.88 bits per heavy atom. The van der Waals surface area contributed by atoms with Crippen LogP contribution in [0.5, 0.6) is 5.75 Å². The number of benzene rings is 2. The van der Waals surface area contributed by atoms with Gasteiger partial charge in [-0.25, -0.2) is 0 Å². The zero-order valence-corrected chi connectivity index (χ0v) is 13.5. The number of nitro groups is 1. The van der Waals surface area contributed by atoms with Crippen molar-refractivity contribution < 1.29 is 19.2 Å². The van der Waals surface area contributed by atoms with Crippen molar-refractivity contribution in [3.8, 4) is 5.75 Å². The second-order valence-electron chi connectivity index (χ2n) is 5.17. The predicted molar refractivity (Wildman–Crippen MR) is 91.2 cm³/mol. The van der Waals surface area contributed by atoms with Gasteiger partial charge < -0.3 is 15.4 Å². The summed E-state index contributed by atoms with van der Waals surface area (Å²) in [5.74, 6) is -0.610. The van der Waals surface area contributed by atoms with E-state index in [1.807, 2.05) is 30.3 Å². The molecule has 2 amide bonds. The summed E-state index contributed by atoms with van der Waals surface area (Å²) in [6.07, 6.45) is 0. The summed E-state index contributed by atoms with van der Waals surface area (Å²) in [6, 6.07) is 13.6. The van der Waals surface area contributed by atoms with Crippen LogP contribution in [0.2, 0.25) is 0 Å². The summed E-state index contributed by atoms with van der Waals surface area (Å²) in [5, 5.41) is 15.9. The van der Waals surface area contributed by atoms with Gasteiger partial charge in [0.1, 0.15) is 18.0 Å². The monoisotopic (exact) mass is 343 g/mol. The maximum atomic E-state index is 11.7. The number of carbonyl (C=O) groups excluding carboxylic acids is 2. The van der Waals surface area contributed by atoms with Gasteiger partial charge in [0.15, 0.2) is 0 Å². The van der Waals surface area contributed by atoms with Gasteiger partial charge in [-0.3, -0.25) is 19.7 Å². The second kappa shape index (κ2) is 8.44. The molecule has 0 heterocycles. The van der Waals surface area contributed by atoms with E-state index < -0.39 is 10.8 Å². The van der Waals surface area contributed by atoms with Crippen molar-refractivity contribution in [3.63, 3.8) is 0 Å². The zero-order valence-electron chi connectivity index (χ0n) is 13.5. The van der Waals surface area contributed by atoms with Gasteiger partial charge in [-0.05, 0) is 17.7 Å². The molecule has 2 rings (SSSR count). The summed E-state index contributed by atoms with van der Waals surface area (Å²) in [4.78, 5) is 33.1. The molecule has 0 atom stereocenters. The van der Waals surface area contributed by atoms with Crippen molar-refractivity contribution in [1.82, 2.24) is 5.32 Å². The molecule has 8 heteroatoms. The molecule has 0 saturated heterocycles. The SMILES string of the molecule is CC(=O)NCC(=O)Nc1ccc(OCc2ccccc2)cc1[N+](=O)[O-]. The number of nitrogens with one attached hydrogen (secondary N) is 2. The number of nitro benzene ring substituents is 1. The molecule has 0 aliphatic carbocycles. The van der Waals surface area contributed by atoms with Gasteiger partial charge in [0.05, 0.1) is 17.5 Å². The van der Waals surface area contributed by atoms with E-state index in [2.05, 4.69) is 10.6 Å². The number of hydrogen-bond donors (Lipinski definition) is 2. The molecule has 0 aliphatic heterocycles. The highest BCUT2D eigenvalue weighted by Crippen LogP contribution is 2.29. The van der Waals surface area contributed by atoms with Crippen LogP contribution in [0.4, 0.5) is 11.4 Å². The Morgan fingerprint density at radius 3 is 2.52 bits per heavy atom. The van der Waals surface area contributed by atoms with Gasteiger partial charge in [0.25, 0.3) is 5.69 Å². The largest absolute Gasteiger partial charge is 0.489 e. The number of amides is 2. The minimum Gasteiger partial charge on any atom is -0.489 e. The quantitative estimate of drug-likeness (QED) is 0.592. The van der Waals surface area contributed by atoms with E-state index in [1.165, 1.54) is 25.1 Å². The highest BCUT2D eigenvalue weighted by Gasteiger charge is 2.17. The molecule has 0 aliphatic rings. The summed E-state index contributed by atoms with van der Waals surface area (Å²) >= 11 is 0. The standard InChI is InChI=1S/C17H17N3O5/c1-12(21)18-10-17(22)19-15-8-7-14(9-16(15)20(23)24)25-11-13-5-3-2-4-6-13/h2-9H,10-11H2,1H3,(H,18,21)(H,19,22). The number of ether oxygens (including phenoxy) is 1. The van der Waals surface area contributed by atoms with Crippen LogP contribution in [0.3, 0.4) is 0 Å². The third-order valence-electron chi connectivity index (χ3n) is 3.19. The molecule has 0 bridgehead atoms. The molecule has 0 spiro atoms. The van der Waals surface area contributed by atoms with Crippen molar-refractivity contribution in [2.24, 2.45) is 0 Å². The lowest BCUT2D eigenvalue weighted by molar-refractivity contribution is -0.384. The van der Waals surface area contributed by atoms with Gasteiger partial charge in [-0.15, -0.1) is 0 Å². The Labute approximate surface area is 144 Å².